The van der Waals surface area contributed by atoms with Gasteiger partial charge in [0.05, 0.1) is 4.90 Å². The molecular formula is C22H17F6N3O5S. The number of amides is 1. The minimum atomic E-state index is -4.98. The van der Waals surface area contributed by atoms with E-state index in [0.29, 0.717) is 0 Å². The topological polar surface area (TPSA) is 107 Å². The van der Waals surface area contributed by atoms with Gasteiger partial charge in [-0.05, 0) is 61.4 Å². The van der Waals surface area contributed by atoms with Crippen molar-refractivity contribution in [3.8, 4) is 17.4 Å². The third kappa shape index (κ3) is 6.87. The molecule has 0 aliphatic heterocycles. The van der Waals surface area contributed by atoms with Gasteiger partial charge in [0.15, 0.2) is 15.5 Å². The summed E-state index contributed by atoms with van der Waals surface area (Å²) in [5.41, 5.74) is -2.77. The molecule has 0 radical (unpaired) electrons. The van der Waals surface area contributed by atoms with Gasteiger partial charge in [0.25, 0.3) is 11.8 Å². The summed E-state index contributed by atoms with van der Waals surface area (Å²) in [5.74, 6) is -2.52. The van der Waals surface area contributed by atoms with Crippen LogP contribution in [0.1, 0.15) is 27.2 Å². The van der Waals surface area contributed by atoms with Crippen LogP contribution >= 0.6 is 0 Å². The lowest BCUT2D eigenvalue weighted by Gasteiger charge is -2.17. The zero-order chi connectivity index (χ0) is 27.8. The molecule has 0 bridgehead atoms. The first kappa shape index (κ1) is 27.7. The van der Waals surface area contributed by atoms with Crippen molar-refractivity contribution in [1.82, 2.24) is 10.2 Å². The molecule has 198 valence electrons. The summed E-state index contributed by atoms with van der Waals surface area (Å²) in [7, 11) is -3.66. The number of benzene rings is 2. The lowest BCUT2D eigenvalue weighted by Crippen LogP contribution is -2.21. The zero-order valence-electron chi connectivity index (χ0n) is 19.2. The average Bonchev–Trinajstić information content (AvgIpc) is 2.73. The molecule has 0 saturated heterocycles. The van der Waals surface area contributed by atoms with Gasteiger partial charge in [-0.3, -0.25) is 4.79 Å². The maximum atomic E-state index is 13.5. The molecule has 37 heavy (non-hydrogen) atoms. The highest BCUT2D eigenvalue weighted by molar-refractivity contribution is 7.90. The van der Waals surface area contributed by atoms with Crippen LogP contribution in [-0.2, 0) is 16.0 Å². The molecule has 3 rings (SSSR count). The van der Waals surface area contributed by atoms with Gasteiger partial charge in [-0.15, -0.1) is 23.4 Å². The highest BCUT2D eigenvalue weighted by Gasteiger charge is 2.38. The number of carbonyl (C=O) groups is 1. The number of alkyl halides is 6. The predicted octanol–water partition coefficient (Wildman–Crippen LogP) is 5.46. The Morgan fingerprint density at radius 1 is 0.973 bits per heavy atom. The number of nitrogens with one attached hydrogen (secondary N) is 1. The molecule has 0 aliphatic carbocycles. The number of sulfone groups is 1. The minimum Gasteiger partial charge on any atom is -0.437 e. The number of hydrogen-bond donors (Lipinski definition) is 1. The van der Waals surface area contributed by atoms with Crippen molar-refractivity contribution in [3.05, 3.63) is 64.8 Å². The molecule has 0 saturated carbocycles. The number of halogens is 6. The molecule has 0 fully saturated rings. The maximum Gasteiger partial charge on any atom is 0.573 e. The Balaban J connectivity index is 2.04. The standard InChI is InChI=1S/C22H17F6N3O5S/c1-11-9-14(36-22(26,27)28)7-8-16(11)35-20-17(12(2)18(30-31-20)21(23,24)25)19(32)29-13-5-4-6-15(10-13)37(3,33)34/h4-10H,1-3H3,(H,29,32). The van der Waals surface area contributed by atoms with Crippen molar-refractivity contribution in [2.75, 3.05) is 11.6 Å². The second-order valence-electron chi connectivity index (χ2n) is 7.68. The summed E-state index contributed by atoms with van der Waals surface area (Å²) in [5, 5.41) is 8.79. The average molecular weight is 549 g/mol. The quantitative estimate of drug-likeness (QED) is 0.407. The number of hydrogen-bond acceptors (Lipinski definition) is 7. The van der Waals surface area contributed by atoms with E-state index in [4.69, 9.17) is 4.74 Å². The second-order valence-corrected chi connectivity index (χ2v) is 9.70. The number of anilines is 1. The molecular weight excluding hydrogens is 532 g/mol. The Labute approximate surface area is 206 Å². The molecule has 1 aromatic heterocycles. The molecule has 1 N–H and O–H groups in total. The van der Waals surface area contributed by atoms with Gasteiger partial charge in [0.2, 0.25) is 0 Å². The predicted molar refractivity (Wildman–Crippen MR) is 117 cm³/mol. The van der Waals surface area contributed by atoms with Crippen molar-refractivity contribution in [1.29, 1.82) is 0 Å². The van der Waals surface area contributed by atoms with Crippen LogP contribution in [0.3, 0.4) is 0 Å². The molecule has 0 unspecified atom stereocenters. The van der Waals surface area contributed by atoms with Gasteiger partial charge in [0, 0.05) is 11.9 Å². The van der Waals surface area contributed by atoms with Crippen molar-refractivity contribution in [2.45, 2.75) is 31.3 Å². The molecule has 0 aliphatic rings. The van der Waals surface area contributed by atoms with Crippen LogP contribution in [0.15, 0.2) is 47.4 Å². The highest BCUT2D eigenvalue weighted by atomic mass is 32.2. The van der Waals surface area contributed by atoms with Crippen LogP contribution in [0.2, 0.25) is 0 Å². The van der Waals surface area contributed by atoms with Crippen molar-refractivity contribution >= 4 is 21.4 Å². The second kappa shape index (κ2) is 9.88. The van der Waals surface area contributed by atoms with Gasteiger partial charge in [-0.1, -0.05) is 6.07 Å². The van der Waals surface area contributed by atoms with Gasteiger partial charge < -0.3 is 14.8 Å². The number of aryl methyl sites for hydroxylation is 1. The first-order valence-electron chi connectivity index (χ1n) is 10.1. The van der Waals surface area contributed by atoms with E-state index in [0.717, 1.165) is 37.4 Å². The normalized spacial score (nSPS) is 12.2. The Kier molecular flexibility index (Phi) is 7.40. The van der Waals surface area contributed by atoms with E-state index in [-0.39, 0.29) is 21.9 Å². The van der Waals surface area contributed by atoms with Gasteiger partial charge >= 0.3 is 12.5 Å². The largest absolute Gasteiger partial charge is 0.573 e. The Morgan fingerprint density at radius 3 is 2.22 bits per heavy atom. The van der Waals surface area contributed by atoms with E-state index in [1.807, 2.05) is 0 Å². The van der Waals surface area contributed by atoms with Crippen LogP contribution in [0.4, 0.5) is 32.0 Å². The van der Waals surface area contributed by atoms with Gasteiger partial charge in [0.1, 0.15) is 17.1 Å². The van der Waals surface area contributed by atoms with Gasteiger partial charge in [-0.25, -0.2) is 8.42 Å². The summed E-state index contributed by atoms with van der Waals surface area (Å²) in [4.78, 5) is 12.9. The third-order valence-electron chi connectivity index (χ3n) is 4.79. The fourth-order valence-electron chi connectivity index (χ4n) is 3.14. The maximum absolute atomic E-state index is 13.5. The van der Waals surface area contributed by atoms with Crippen LogP contribution in [0.25, 0.3) is 0 Å². The fraction of sp³-hybridized carbons (Fsp3) is 0.227. The van der Waals surface area contributed by atoms with E-state index in [1.165, 1.54) is 25.1 Å². The lowest BCUT2D eigenvalue weighted by molar-refractivity contribution is -0.274. The smallest absolute Gasteiger partial charge is 0.437 e. The van der Waals surface area contributed by atoms with E-state index in [2.05, 4.69) is 20.3 Å². The fourth-order valence-corrected chi connectivity index (χ4v) is 3.81. The van der Waals surface area contributed by atoms with E-state index in [9.17, 15) is 39.6 Å². The molecule has 15 heteroatoms. The molecule has 2 aromatic carbocycles. The van der Waals surface area contributed by atoms with Gasteiger partial charge in [-0.2, -0.15) is 13.2 Å². The molecule has 0 atom stereocenters. The van der Waals surface area contributed by atoms with E-state index >= 15 is 0 Å². The summed E-state index contributed by atoms with van der Waals surface area (Å²) in [6.07, 6.45) is -9.00. The molecule has 3 aromatic rings. The third-order valence-corrected chi connectivity index (χ3v) is 5.90. The summed E-state index contributed by atoms with van der Waals surface area (Å²) < 4.78 is 111. The van der Waals surface area contributed by atoms with E-state index < -0.39 is 56.7 Å². The van der Waals surface area contributed by atoms with Crippen molar-refractivity contribution < 1.29 is 49.0 Å². The summed E-state index contributed by atoms with van der Waals surface area (Å²) in [6, 6.07) is 7.89. The summed E-state index contributed by atoms with van der Waals surface area (Å²) >= 11 is 0. The van der Waals surface area contributed by atoms with Crippen molar-refractivity contribution in [2.24, 2.45) is 0 Å². The summed E-state index contributed by atoms with van der Waals surface area (Å²) in [6.45, 7) is 2.29. The molecule has 8 nitrogen and oxygen atoms in total. The molecule has 1 amide bonds. The number of rotatable bonds is 6. The van der Waals surface area contributed by atoms with Crippen LogP contribution in [-0.4, -0.2) is 37.1 Å². The number of ether oxygens (including phenoxy) is 2. The lowest BCUT2D eigenvalue weighted by atomic mass is 10.1. The SMILES string of the molecule is Cc1cc(OC(F)(F)F)ccc1Oc1nnc(C(F)(F)F)c(C)c1C(=O)Nc1cccc(S(C)(=O)=O)c1. The Bertz CT molecular complexity index is 1460. The zero-order valence-corrected chi connectivity index (χ0v) is 20.0. The van der Waals surface area contributed by atoms with Crippen LogP contribution < -0.4 is 14.8 Å². The van der Waals surface area contributed by atoms with Crippen molar-refractivity contribution in [3.63, 3.8) is 0 Å². The monoisotopic (exact) mass is 549 g/mol. The number of carbonyl (C=O) groups excluding carboxylic acids is 1. The Hall–Kier alpha value is -3.88. The first-order valence-corrected chi connectivity index (χ1v) is 11.9. The molecule has 1 heterocycles. The number of nitrogens with zero attached hydrogens (tertiary/aromatic N) is 2. The molecule has 0 spiro atoms. The van der Waals surface area contributed by atoms with Crippen LogP contribution in [0, 0.1) is 13.8 Å². The number of aromatic nitrogens is 2. The Morgan fingerprint density at radius 2 is 1.65 bits per heavy atom. The first-order chi connectivity index (χ1) is 17.0. The minimum absolute atomic E-state index is 0.0477. The van der Waals surface area contributed by atoms with E-state index in [1.54, 1.807) is 0 Å². The highest BCUT2D eigenvalue weighted by Crippen LogP contribution is 2.36. The van der Waals surface area contributed by atoms with Crippen LogP contribution in [0.5, 0.6) is 17.4 Å².